The largest absolute Gasteiger partial charge is 0.444 e. The number of nitrogens with zero attached hydrogens (tertiary/aromatic N) is 3. The number of likely N-dealkylation sites (tertiary alicyclic amines) is 1. The fraction of sp³-hybridized carbons (Fsp3) is 0.655. The van der Waals surface area contributed by atoms with E-state index in [4.69, 9.17) is 4.74 Å². The number of carbonyl (C=O) groups is 4. The standard InChI is InChI=1S/C29H40N4O5/c1-29(2,3)38-28(37)32-14-10-20(11-15-32)16-19-8-12-31(13-9-19)22-4-5-23-21(17-22)18-33(27(23)36)24-6-7-25(34)30-26(24)35/h4-5,17,19-20,24H,6-16,18H2,1-3H3,(H,30,34,35)/t24-/m0/s1. The number of hydrogen-bond acceptors (Lipinski definition) is 6. The summed E-state index contributed by atoms with van der Waals surface area (Å²) in [6.45, 7) is 9.67. The number of benzene rings is 1. The first kappa shape index (κ1) is 26.5. The van der Waals surface area contributed by atoms with Crippen LogP contribution in [0.15, 0.2) is 18.2 Å². The van der Waals surface area contributed by atoms with Crippen LogP contribution in [0.2, 0.25) is 0 Å². The quantitative estimate of drug-likeness (QED) is 0.603. The van der Waals surface area contributed by atoms with Gasteiger partial charge < -0.3 is 19.4 Å². The lowest BCUT2D eigenvalue weighted by Crippen LogP contribution is -2.52. The number of carbonyl (C=O) groups excluding carboxylic acids is 4. The molecule has 4 aliphatic heterocycles. The lowest BCUT2D eigenvalue weighted by Gasteiger charge is -2.38. The molecule has 1 aromatic rings. The first-order valence-electron chi connectivity index (χ1n) is 14.1. The molecule has 38 heavy (non-hydrogen) atoms. The van der Waals surface area contributed by atoms with Crippen molar-refractivity contribution < 1.29 is 23.9 Å². The lowest BCUT2D eigenvalue weighted by molar-refractivity contribution is -0.136. The van der Waals surface area contributed by atoms with E-state index in [0.717, 1.165) is 63.1 Å². The maximum atomic E-state index is 13.0. The summed E-state index contributed by atoms with van der Waals surface area (Å²) in [4.78, 5) is 55.0. The summed E-state index contributed by atoms with van der Waals surface area (Å²) in [5.41, 5.74) is 2.29. The molecule has 206 valence electrons. The molecule has 0 aromatic heterocycles. The van der Waals surface area contributed by atoms with E-state index in [1.165, 1.54) is 6.42 Å². The van der Waals surface area contributed by atoms with Gasteiger partial charge in [0.25, 0.3) is 5.91 Å². The second-order valence-corrected chi connectivity index (χ2v) is 12.3. The van der Waals surface area contributed by atoms with Crippen LogP contribution in [0.5, 0.6) is 0 Å². The molecule has 0 unspecified atom stereocenters. The number of ether oxygens (including phenoxy) is 1. The Morgan fingerprint density at radius 2 is 1.63 bits per heavy atom. The molecule has 5 rings (SSSR count). The molecule has 1 N–H and O–H groups in total. The van der Waals surface area contributed by atoms with Gasteiger partial charge in [-0.05, 0) is 94.9 Å². The third-order valence-corrected chi connectivity index (χ3v) is 8.42. The van der Waals surface area contributed by atoms with Crippen LogP contribution in [0.4, 0.5) is 10.5 Å². The van der Waals surface area contributed by atoms with Crippen molar-refractivity contribution in [2.24, 2.45) is 11.8 Å². The molecule has 1 aromatic carbocycles. The predicted octanol–water partition coefficient (Wildman–Crippen LogP) is 3.70. The van der Waals surface area contributed by atoms with Crippen LogP contribution in [0.25, 0.3) is 0 Å². The summed E-state index contributed by atoms with van der Waals surface area (Å²) in [6.07, 6.45) is 6.04. The van der Waals surface area contributed by atoms with E-state index in [1.54, 1.807) is 4.90 Å². The van der Waals surface area contributed by atoms with Crippen molar-refractivity contribution in [2.45, 2.75) is 83.9 Å². The van der Waals surface area contributed by atoms with Crippen molar-refractivity contribution in [1.82, 2.24) is 15.1 Å². The zero-order valence-electron chi connectivity index (χ0n) is 22.8. The Bertz CT molecular complexity index is 1100. The fourth-order valence-electron chi connectivity index (χ4n) is 6.33. The summed E-state index contributed by atoms with van der Waals surface area (Å²) in [5.74, 6) is 0.586. The van der Waals surface area contributed by atoms with E-state index >= 15 is 0 Å². The Balaban J connectivity index is 1.10. The normalized spacial score (nSPS) is 23.5. The minimum atomic E-state index is -0.581. The van der Waals surface area contributed by atoms with Crippen LogP contribution < -0.4 is 10.2 Å². The Morgan fingerprint density at radius 3 is 2.26 bits per heavy atom. The van der Waals surface area contributed by atoms with Gasteiger partial charge in [-0.1, -0.05) is 0 Å². The highest BCUT2D eigenvalue weighted by molar-refractivity contribution is 6.05. The molecule has 0 bridgehead atoms. The predicted molar refractivity (Wildman–Crippen MR) is 143 cm³/mol. The summed E-state index contributed by atoms with van der Waals surface area (Å²) >= 11 is 0. The first-order chi connectivity index (χ1) is 18.1. The van der Waals surface area contributed by atoms with Gasteiger partial charge in [0.05, 0.1) is 0 Å². The third kappa shape index (κ3) is 5.81. The van der Waals surface area contributed by atoms with Gasteiger partial charge in [-0.3, -0.25) is 19.7 Å². The van der Waals surface area contributed by atoms with Gasteiger partial charge in [0.1, 0.15) is 11.6 Å². The number of rotatable bonds is 4. The monoisotopic (exact) mass is 524 g/mol. The molecule has 3 saturated heterocycles. The summed E-state index contributed by atoms with van der Waals surface area (Å²) in [7, 11) is 0. The van der Waals surface area contributed by atoms with Crippen LogP contribution in [0.1, 0.15) is 81.6 Å². The number of imide groups is 1. The maximum Gasteiger partial charge on any atom is 0.410 e. The molecule has 9 heteroatoms. The molecule has 0 saturated carbocycles. The van der Waals surface area contributed by atoms with Crippen molar-refractivity contribution in [3.05, 3.63) is 29.3 Å². The number of hydrogen-bond donors (Lipinski definition) is 1. The van der Waals surface area contributed by atoms with E-state index in [1.807, 2.05) is 37.8 Å². The van der Waals surface area contributed by atoms with Crippen molar-refractivity contribution in [3.63, 3.8) is 0 Å². The number of nitrogens with one attached hydrogen (secondary N) is 1. The Morgan fingerprint density at radius 1 is 0.974 bits per heavy atom. The molecule has 3 fully saturated rings. The first-order valence-corrected chi connectivity index (χ1v) is 14.1. The van der Waals surface area contributed by atoms with Gasteiger partial charge in [0.15, 0.2) is 0 Å². The van der Waals surface area contributed by atoms with Crippen LogP contribution in [0, 0.1) is 11.8 Å². The average Bonchev–Trinajstić information content (AvgIpc) is 3.19. The molecule has 4 heterocycles. The molecule has 9 nitrogen and oxygen atoms in total. The highest BCUT2D eigenvalue weighted by Crippen LogP contribution is 2.34. The van der Waals surface area contributed by atoms with Crippen molar-refractivity contribution in [1.29, 1.82) is 0 Å². The maximum absolute atomic E-state index is 13.0. The van der Waals surface area contributed by atoms with E-state index in [-0.39, 0.29) is 30.2 Å². The second-order valence-electron chi connectivity index (χ2n) is 12.3. The Kier molecular flexibility index (Phi) is 7.38. The minimum Gasteiger partial charge on any atom is -0.444 e. The zero-order chi connectivity index (χ0) is 27.0. The van der Waals surface area contributed by atoms with Gasteiger partial charge in [-0.15, -0.1) is 0 Å². The van der Waals surface area contributed by atoms with Gasteiger partial charge >= 0.3 is 6.09 Å². The minimum absolute atomic E-state index is 0.127. The molecule has 1 atom stereocenters. The van der Waals surface area contributed by atoms with Gasteiger partial charge in [0, 0.05) is 50.4 Å². The summed E-state index contributed by atoms with van der Waals surface area (Å²) in [5, 5.41) is 2.36. The smallest absolute Gasteiger partial charge is 0.410 e. The zero-order valence-corrected chi connectivity index (χ0v) is 22.8. The molecule has 4 amide bonds. The van der Waals surface area contributed by atoms with Gasteiger partial charge in [-0.25, -0.2) is 4.79 Å². The molecule has 0 spiro atoms. The van der Waals surface area contributed by atoms with E-state index in [2.05, 4.69) is 16.3 Å². The fourth-order valence-corrected chi connectivity index (χ4v) is 6.33. The molecular weight excluding hydrogens is 484 g/mol. The summed E-state index contributed by atoms with van der Waals surface area (Å²) in [6, 6.07) is 5.44. The Labute approximate surface area is 224 Å². The van der Waals surface area contributed by atoms with Crippen molar-refractivity contribution >= 4 is 29.5 Å². The highest BCUT2D eigenvalue weighted by atomic mass is 16.6. The van der Waals surface area contributed by atoms with Gasteiger partial charge in [0.2, 0.25) is 11.8 Å². The van der Waals surface area contributed by atoms with Crippen molar-refractivity contribution in [2.75, 3.05) is 31.1 Å². The van der Waals surface area contributed by atoms with Gasteiger partial charge in [-0.2, -0.15) is 0 Å². The number of amides is 4. The number of anilines is 1. The summed E-state index contributed by atoms with van der Waals surface area (Å²) < 4.78 is 5.53. The molecular formula is C29H40N4O5. The Hall–Kier alpha value is -3.10. The molecule has 0 aliphatic carbocycles. The highest BCUT2D eigenvalue weighted by Gasteiger charge is 2.39. The third-order valence-electron chi connectivity index (χ3n) is 8.42. The number of piperidine rings is 3. The van der Waals surface area contributed by atoms with Crippen LogP contribution in [-0.2, 0) is 20.9 Å². The van der Waals surface area contributed by atoms with Crippen molar-refractivity contribution in [3.8, 4) is 0 Å². The topological polar surface area (TPSA) is 99.3 Å². The van der Waals surface area contributed by atoms with Crippen LogP contribution in [0.3, 0.4) is 0 Å². The molecule has 4 aliphatic rings. The van der Waals surface area contributed by atoms with Crippen LogP contribution in [-0.4, -0.2) is 71.4 Å². The lowest BCUT2D eigenvalue weighted by atomic mass is 9.82. The van der Waals surface area contributed by atoms with E-state index < -0.39 is 11.6 Å². The molecule has 0 radical (unpaired) electrons. The second kappa shape index (κ2) is 10.6. The van der Waals surface area contributed by atoms with E-state index in [0.29, 0.717) is 30.4 Å². The average molecular weight is 525 g/mol. The number of fused-ring (bicyclic) bond motifs is 1. The van der Waals surface area contributed by atoms with Crippen LogP contribution >= 0.6 is 0 Å². The van der Waals surface area contributed by atoms with E-state index in [9.17, 15) is 19.2 Å². The SMILES string of the molecule is CC(C)(C)OC(=O)N1CCC(CC2CCN(c3ccc4c(c3)CN([C@H]3CCC(=O)NC3=O)C4=O)CC2)CC1.